The summed E-state index contributed by atoms with van der Waals surface area (Å²) in [6, 6.07) is 10.6. The lowest BCUT2D eigenvalue weighted by molar-refractivity contribution is 0.788. The van der Waals surface area contributed by atoms with Gasteiger partial charge in [-0.05, 0) is 41.6 Å². The molecule has 1 aromatic carbocycles. The number of fused-ring (bicyclic) bond motifs is 1. The Bertz CT molecular complexity index is 529. The van der Waals surface area contributed by atoms with Crippen LogP contribution in [-0.2, 0) is 12.8 Å². The Kier molecular flexibility index (Phi) is 3.15. The lowest BCUT2D eigenvalue weighted by Crippen LogP contribution is -2.26. The van der Waals surface area contributed by atoms with Crippen molar-refractivity contribution in [2.75, 3.05) is 18.0 Å². The van der Waals surface area contributed by atoms with Crippen LogP contribution in [0.1, 0.15) is 11.1 Å². The zero-order chi connectivity index (χ0) is 12.4. The maximum atomic E-state index is 5.85. The van der Waals surface area contributed by atoms with Gasteiger partial charge in [-0.3, -0.25) is 0 Å². The van der Waals surface area contributed by atoms with Crippen molar-refractivity contribution in [2.24, 2.45) is 0 Å². The lowest BCUT2D eigenvalue weighted by atomic mass is 10.0. The van der Waals surface area contributed by atoms with E-state index in [4.69, 9.17) is 11.6 Å². The molecule has 1 aliphatic rings. The van der Waals surface area contributed by atoms with Crippen molar-refractivity contribution in [1.82, 2.24) is 9.97 Å². The predicted octanol–water partition coefficient (Wildman–Crippen LogP) is 2.74. The summed E-state index contributed by atoms with van der Waals surface area (Å²) in [5.74, 6) is 0.919. The highest BCUT2D eigenvalue weighted by Gasteiger charge is 2.14. The Morgan fingerprint density at radius 1 is 1.00 bits per heavy atom. The summed E-state index contributed by atoms with van der Waals surface area (Å²) in [6.07, 6.45) is 3.82. The number of halogens is 1. The summed E-state index contributed by atoms with van der Waals surface area (Å²) in [4.78, 5) is 10.5. The fraction of sp³-hybridized carbons (Fsp3) is 0.286. The molecule has 3 rings (SSSR count). The maximum Gasteiger partial charge on any atom is 0.224 e. The molecule has 0 fully saturated rings. The molecule has 0 aliphatic carbocycles. The zero-order valence-electron chi connectivity index (χ0n) is 10.0. The van der Waals surface area contributed by atoms with Crippen molar-refractivity contribution < 1.29 is 0 Å². The first-order chi connectivity index (χ1) is 8.83. The maximum absolute atomic E-state index is 5.85. The minimum atomic E-state index is 0.314. The smallest absolute Gasteiger partial charge is 0.224 e. The number of nitrogens with zero attached hydrogens (tertiary/aromatic N) is 3. The van der Waals surface area contributed by atoms with Crippen LogP contribution in [0.15, 0.2) is 36.5 Å². The van der Waals surface area contributed by atoms with Crippen LogP contribution in [0.2, 0.25) is 5.28 Å². The Labute approximate surface area is 111 Å². The fourth-order valence-electron chi connectivity index (χ4n) is 2.40. The van der Waals surface area contributed by atoms with Crippen LogP contribution in [0.4, 0.5) is 5.82 Å². The summed E-state index contributed by atoms with van der Waals surface area (Å²) >= 11 is 5.85. The SMILES string of the molecule is Clc1nccc(N2CCc3ccccc3CC2)n1. The molecule has 4 heteroatoms. The molecule has 1 aromatic heterocycles. The molecule has 2 heterocycles. The Balaban J connectivity index is 1.83. The number of benzene rings is 1. The average molecular weight is 260 g/mol. The molecule has 0 N–H and O–H groups in total. The van der Waals surface area contributed by atoms with Gasteiger partial charge in [0.25, 0.3) is 0 Å². The van der Waals surface area contributed by atoms with Gasteiger partial charge in [-0.15, -0.1) is 0 Å². The van der Waals surface area contributed by atoms with Crippen molar-refractivity contribution in [3.63, 3.8) is 0 Å². The van der Waals surface area contributed by atoms with E-state index in [0.29, 0.717) is 5.28 Å². The van der Waals surface area contributed by atoms with Gasteiger partial charge in [-0.1, -0.05) is 24.3 Å². The second-order valence-corrected chi connectivity index (χ2v) is 4.78. The van der Waals surface area contributed by atoms with Crippen LogP contribution in [0.3, 0.4) is 0 Å². The van der Waals surface area contributed by atoms with Crippen LogP contribution in [0.25, 0.3) is 0 Å². The van der Waals surface area contributed by atoms with Crippen molar-refractivity contribution in [3.8, 4) is 0 Å². The summed E-state index contributed by atoms with van der Waals surface area (Å²) < 4.78 is 0. The van der Waals surface area contributed by atoms with Gasteiger partial charge in [0.2, 0.25) is 5.28 Å². The van der Waals surface area contributed by atoms with Crippen LogP contribution < -0.4 is 4.90 Å². The summed E-state index contributed by atoms with van der Waals surface area (Å²) in [5.41, 5.74) is 2.89. The fourth-order valence-corrected chi connectivity index (χ4v) is 2.54. The van der Waals surface area contributed by atoms with Crippen LogP contribution in [0.5, 0.6) is 0 Å². The zero-order valence-corrected chi connectivity index (χ0v) is 10.8. The first-order valence-corrected chi connectivity index (χ1v) is 6.51. The van der Waals surface area contributed by atoms with Crippen LogP contribution in [-0.4, -0.2) is 23.1 Å². The normalized spacial score (nSPS) is 15.1. The summed E-state index contributed by atoms with van der Waals surface area (Å²) in [5, 5.41) is 0.314. The van der Waals surface area contributed by atoms with E-state index in [1.54, 1.807) is 6.20 Å². The van der Waals surface area contributed by atoms with E-state index < -0.39 is 0 Å². The molecule has 0 unspecified atom stereocenters. The quantitative estimate of drug-likeness (QED) is 0.738. The van der Waals surface area contributed by atoms with Gasteiger partial charge in [0.05, 0.1) is 0 Å². The molecule has 0 atom stereocenters. The molecule has 0 radical (unpaired) electrons. The standard InChI is InChI=1S/C14H14ClN3/c15-14-16-8-5-13(17-14)18-9-6-11-3-1-2-4-12(11)7-10-18/h1-5,8H,6-7,9-10H2. The molecule has 0 bridgehead atoms. The molecular formula is C14H14ClN3. The number of hydrogen-bond acceptors (Lipinski definition) is 3. The number of rotatable bonds is 1. The third kappa shape index (κ3) is 2.31. The first kappa shape index (κ1) is 11.5. The Morgan fingerprint density at radius 3 is 2.28 bits per heavy atom. The number of hydrogen-bond donors (Lipinski definition) is 0. The van der Waals surface area contributed by atoms with Gasteiger partial charge < -0.3 is 4.90 Å². The topological polar surface area (TPSA) is 29.0 Å². The molecule has 2 aromatic rings. The number of aromatic nitrogens is 2. The summed E-state index contributed by atoms with van der Waals surface area (Å²) in [6.45, 7) is 1.95. The van der Waals surface area contributed by atoms with Gasteiger partial charge in [0.1, 0.15) is 5.82 Å². The van der Waals surface area contributed by atoms with Crippen LogP contribution in [0, 0.1) is 0 Å². The number of anilines is 1. The Morgan fingerprint density at radius 2 is 1.67 bits per heavy atom. The molecule has 92 valence electrons. The third-order valence-corrected chi connectivity index (χ3v) is 3.54. The van der Waals surface area contributed by atoms with E-state index in [2.05, 4.69) is 39.1 Å². The van der Waals surface area contributed by atoms with Gasteiger partial charge >= 0.3 is 0 Å². The third-order valence-electron chi connectivity index (χ3n) is 3.36. The van der Waals surface area contributed by atoms with E-state index in [0.717, 1.165) is 31.7 Å². The molecule has 0 saturated carbocycles. The first-order valence-electron chi connectivity index (χ1n) is 6.13. The van der Waals surface area contributed by atoms with Crippen molar-refractivity contribution in [2.45, 2.75) is 12.8 Å². The molecule has 18 heavy (non-hydrogen) atoms. The molecule has 3 nitrogen and oxygen atoms in total. The molecule has 0 saturated heterocycles. The highest BCUT2D eigenvalue weighted by Crippen LogP contribution is 2.19. The van der Waals surface area contributed by atoms with Crippen molar-refractivity contribution in [1.29, 1.82) is 0 Å². The van der Waals surface area contributed by atoms with Crippen molar-refractivity contribution in [3.05, 3.63) is 52.9 Å². The summed E-state index contributed by atoms with van der Waals surface area (Å²) in [7, 11) is 0. The van der Waals surface area contributed by atoms with E-state index in [1.807, 2.05) is 6.07 Å². The van der Waals surface area contributed by atoms with E-state index >= 15 is 0 Å². The average Bonchev–Trinajstić information content (AvgIpc) is 2.61. The minimum Gasteiger partial charge on any atom is -0.356 e. The van der Waals surface area contributed by atoms with Gasteiger partial charge in [0, 0.05) is 19.3 Å². The molecule has 1 aliphatic heterocycles. The van der Waals surface area contributed by atoms with E-state index in [-0.39, 0.29) is 0 Å². The molecule has 0 amide bonds. The minimum absolute atomic E-state index is 0.314. The largest absolute Gasteiger partial charge is 0.356 e. The predicted molar refractivity (Wildman–Crippen MR) is 73.1 cm³/mol. The Hall–Kier alpha value is -1.61. The molecular weight excluding hydrogens is 246 g/mol. The van der Waals surface area contributed by atoms with Gasteiger partial charge in [-0.25, -0.2) is 9.97 Å². The molecule has 0 spiro atoms. The monoisotopic (exact) mass is 259 g/mol. The van der Waals surface area contributed by atoms with E-state index in [9.17, 15) is 0 Å². The van der Waals surface area contributed by atoms with Crippen molar-refractivity contribution >= 4 is 17.4 Å². The lowest BCUT2D eigenvalue weighted by Gasteiger charge is -2.20. The second kappa shape index (κ2) is 4.94. The second-order valence-electron chi connectivity index (χ2n) is 4.44. The van der Waals surface area contributed by atoms with Crippen LogP contribution >= 0.6 is 11.6 Å². The van der Waals surface area contributed by atoms with E-state index in [1.165, 1.54) is 11.1 Å². The highest BCUT2D eigenvalue weighted by atomic mass is 35.5. The van der Waals surface area contributed by atoms with Gasteiger partial charge in [-0.2, -0.15) is 0 Å². The highest BCUT2D eigenvalue weighted by molar-refractivity contribution is 6.28. The van der Waals surface area contributed by atoms with Gasteiger partial charge in [0.15, 0.2) is 0 Å².